The number of hydrogen-bond donors (Lipinski definition) is 0. The summed E-state index contributed by atoms with van der Waals surface area (Å²) < 4.78 is 11.5. The van der Waals surface area contributed by atoms with Crippen LogP contribution >= 0.6 is 0 Å². The standard InChI is InChI=1S/C18H18O3/c1-10-7-18(19)21-16-9-17-14(8-13(10)16)11(2)12-5-3-4-6-15(12)20-17/h7-9,15H,3-6H2,1-2H3. The lowest BCUT2D eigenvalue weighted by Crippen LogP contribution is -2.27. The minimum atomic E-state index is -0.304. The van der Waals surface area contributed by atoms with Gasteiger partial charge < -0.3 is 9.15 Å². The number of hydrogen-bond acceptors (Lipinski definition) is 3. The third kappa shape index (κ3) is 1.91. The molecule has 0 bridgehead atoms. The molecule has 3 heteroatoms. The molecule has 3 nitrogen and oxygen atoms in total. The summed E-state index contributed by atoms with van der Waals surface area (Å²) in [6, 6.07) is 5.54. The average molecular weight is 282 g/mol. The Morgan fingerprint density at radius 2 is 2.00 bits per heavy atom. The Balaban J connectivity index is 1.99. The molecule has 1 saturated carbocycles. The van der Waals surface area contributed by atoms with Crippen molar-refractivity contribution in [2.24, 2.45) is 0 Å². The van der Waals surface area contributed by atoms with Crippen molar-refractivity contribution in [3.8, 4) is 5.75 Å². The van der Waals surface area contributed by atoms with Gasteiger partial charge in [0.1, 0.15) is 17.4 Å². The molecule has 0 saturated heterocycles. The molecule has 1 aliphatic heterocycles. The molecule has 0 N–H and O–H groups in total. The number of aryl methyl sites for hydroxylation is 1. The average Bonchev–Trinajstić information content (AvgIpc) is 2.46. The van der Waals surface area contributed by atoms with Crippen LogP contribution in [0, 0.1) is 6.92 Å². The first-order chi connectivity index (χ1) is 10.1. The second-order valence-corrected chi connectivity index (χ2v) is 6.10. The van der Waals surface area contributed by atoms with E-state index < -0.39 is 0 Å². The Bertz CT molecular complexity index is 826. The molecule has 108 valence electrons. The van der Waals surface area contributed by atoms with E-state index in [1.54, 1.807) is 6.07 Å². The zero-order valence-electron chi connectivity index (χ0n) is 12.4. The number of benzene rings is 1. The van der Waals surface area contributed by atoms with Crippen molar-refractivity contribution < 1.29 is 9.15 Å². The van der Waals surface area contributed by atoms with Crippen molar-refractivity contribution in [2.45, 2.75) is 45.6 Å². The largest absolute Gasteiger partial charge is 0.485 e. The Kier molecular flexibility index (Phi) is 2.71. The lowest BCUT2D eigenvalue weighted by Gasteiger charge is -2.33. The highest BCUT2D eigenvalue weighted by Gasteiger charge is 2.29. The lowest BCUT2D eigenvalue weighted by molar-refractivity contribution is 0.199. The highest BCUT2D eigenvalue weighted by Crippen LogP contribution is 2.43. The predicted molar refractivity (Wildman–Crippen MR) is 82.7 cm³/mol. The van der Waals surface area contributed by atoms with Crippen LogP contribution in [-0.2, 0) is 0 Å². The number of rotatable bonds is 0. The Morgan fingerprint density at radius 1 is 1.14 bits per heavy atom. The summed E-state index contributed by atoms with van der Waals surface area (Å²) in [5.74, 6) is 0.851. The Hall–Kier alpha value is -2.03. The predicted octanol–water partition coefficient (Wildman–Crippen LogP) is 4.21. The fourth-order valence-electron chi connectivity index (χ4n) is 3.60. The molecule has 1 unspecified atom stereocenters. The molecular weight excluding hydrogens is 264 g/mol. The van der Waals surface area contributed by atoms with Crippen LogP contribution in [0.4, 0.5) is 0 Å². The second kappa shape index (κ2) is 4.48. The fraction of sp³-hybridized carbons (Fsp3) is 0.389. The van der Waals surface area contributed by atoms with Crippen LogP contribution in [0.25, 0.3) is 16.5 Å². The summed E-state index contributed by atoms with van der Waals surface area (Å²) in [5.41, 5.74) is 5.20. The van der Waals surface area contributed by atoms with Gasteiger partial charge in [-0.25, -0.2) is 4.79 Å². The smallest absolute Gasteiger partial charge is 0.336 e. The van der Waals surface area contributed by atoms with Gasteiger partial charge in [0.2, 0.25) is 0 Å². The Labute approximate surface area is 123 Å². The van der Waals surface area contributed by atoms with Gasteiger partial charge in [0.05, 0.1) is 0 Å². The van der Waals surface area contributed by atoms with E-state index in [1.807, 2.05) is 13.0 Å². The Morgan fingerprint density at radius 3 is 2.86 bits per heavy atom. The molecule has 1 aliphatic carbocycles. The van der Waals surface area contributed by atoms with Crippen LogP contribution in [0.1, 0.15) is 43.7 Å². The quantitative estimate of drug-likeness (QED) is 0.679. The van der Waals surface area contributed by atoms with Crippen molar-refractivity contribution in [3.63, 3.8) is 0 Å². The van der Waals surface area contributed by atoms with Crippen LogP contribution in [-0.4, -0.2) is 6.10 Å². The van der Waals surface area contributed by atoms with Crippen molar-refractivity contribution >= 4 is 16.5 Å². The molecular formula is C18H18O3. The summed E-state index contributed by atoms with van der Waals surface area (Å²) in [6.07, 6.45) is 4.90. The molecule has 2 aromatic rings. The van der Waals surface area contributed by atoms with E-state index >= 15 is 0 Å². The first kappa shape index (κ1) is 12.7. The van der Waals surface area contributed by atoms with E-state index in [0.29, 0.717) is 5.58 Å². The zero-order valence-corrected chi connectivity index (χ0v) is 12.4. The number of ether oxygens (including phenoxy) is 1. The van der Waals surface area contributed by atoms with E-state index in [9.17, 15) is 4.79 Å². The minimum absolute atomic E-state index is 0.209. The van der Waals surface area contributed by atoms with E-state index in [4.69, 9.17) is 9.15 Å². The van der Waals surface area contributed by atoms with Gasteiger partial charge in [-0.05, 0) is 62.3 Å². The third-order valence-corrected chi connectivity index (χ3v) is 4.76. The molecule has 4 rings (SSSR count). The van der Waals surface area contributed by atoms with Gasteiger partial charge in [0, 0.05) is 23.1 Å². The molecule has 1 fully saturated rings. The van der Waals surface area contributed by atoms with Gasteiger partial charge in [-0.3, -0.25) is 0 Å². The minimum Gasteiger partial charge on any atom is -0.485 e. The molecule has 1 atom stereocenters. The van der Waals surface area contributed by atoms with Crippen LogP contribution in [0.3, 0.4) is 0 Å². The van der Waals surface area contributed by atoms with E-state index in [1.165, 1.54) is 24.0 Å². The van der Waals surface area contributed by atoms with E-state index in [0.717, 1.165) is 35.1 Å². The highest BCUT2D eigenvalue weighted by atomic mass is 16.5. The van der Waals surface area contributed by atoms with Crippen LogP contribution in [0.5, 0.6) is 5.75 Å². The van der Waals surface area contributed by atoms with Gasteiger partial charge in [0.15, 0.2) is 0 Å². The maximum Gasteiger partial charge on any atom is 0.336 e. The molecule has 2 aliphatic rings. The maximum atomic E-state index is 11.5. The normalized spacial score (nSPS) is 21.0. The van der Waals surface area contributed by atoms with Gasteiger partial charge >= 0.3 is 5.63 Å². The summed E-state index contributed by atoms with van der Waals surface area (Å²) >= 11 is 0. The van der Waals surface area contributed by atoms with E-state index in [2.05, 4.69) is 13.0 Å². The van der Waals surface area contributed by atoms with Crippen molar-refractivity contribution in [1.29, 1.82) is 0 Å². The van der Waals surface area contributed by atoms with Crippen LogP contribution < -0.4 is 10.4 Å². The SMILES string of the molecule is CC1=C2CCCCC2Oc2cc3oc(=O)cc(C)c3cc21. The summed E-state index contributed by atoms with van der Waals surface area (Å²) in [4.78, 5) is 11.5. The van der Waals surface area contributed by atoms with Crippen molar-refractivity contribution in [3.05, 3.63) is 45.3 Å². The highest BCUT2D eigenvalue weighted by molar-refractivity contribution is 5.88. The second-order valence-electron chi connectivity index (χ2n) is 6.10. The maximum absolute atomic E-state index is 11.5. The number of allylic oxidation sites excluding steroid dienone is 1. The molecule has 1 aromatic carbocycles. The topological polar surface area (TPSA) is 39.4 Å². The van der Waals surface area contributed by atoms with Gasteiger partial charge in [-0.2, -0.15) is 0 Å². The third-order valence-electron chi connectivity index (χ3n) is 4.76. The molecule has 1 aromatic heterocycles. The van der Waals surface area contributed by atoms with Crippen molar-refractivity contribution in [2.75, 3.05) is 0 Å². The van der Waals surface area contributed by atoms with Gasteiger partial charge in [0.25, 0.3) is 0 Å². The van der Waals surface area contributed by atoms with E-state index in [-0.39, 0.29) is 11.7 Å². The molecule has 0 radical (unpaired) electrons. The summed E-state index contributed by atoms with van der Waals surface area (Å²) in [5, 5.41) is 0.992. The van der Waals surface area contributed by atoms with Gasteiger partial charge in [-0.15, -0.1) is 0 Å². The molecule has 0 spiro atoms. The molecule has 21 heavy (non-hydrogen) atoms. The number of fused-ring (bicyclic) bond motifs is 3. The monoisotopic (exact) mass is 282 g/mol. The van der Waals surface area contributed by atoms with Gasteiger partial charge in [-0.1, -0.05) is 0 Å². The lowest BCUT2D eigenvalue weighted by atomic mass is 9.84. The summed E-state index contributed by atoms with van der Waals surface area (Å²) in [6.45, 7) is 4.14. The first-order valence-electron chi connectivity index (χ1n) is 7.58. The van der Waals surface area contributed by atoms with Crippen LogP contribution in [0.2, 0.25) is 0 Å². The summed E-state index contributed by atoms with van der Waals surface area (Å²) in [7, 11) is 0. The van der Waals surface area contributed by atoms with Crippen LogP contribution in [0.15, 0.2) is 33.0 Å². The molecule has 0 amide bonds. The zero-order chi connectivity index (χ0) is 14.6. The first-order valence-corrected chi connectivity index (χ1v) is 7.58. The fourth-order valence-corrected chi connectivity index (χ4v) is 3.60. The van der Waals surface area contributed by atoms with Crippen molar-refractivity contribution in [1.82, 2.24) is 0 Å². The molecule has 2 heterocycles.